The number of nitrogens with one attached hydrogen (secondary N) is 2. The van der Waals surface area contributed by atoms with Gasteiger partial charge in [-0.05, 0) is 29.8 Å². The van der Waals surface area contributed by atoms with Crippen molar-refractivity contribution in [2.75, 3.05) is 27.0 Å². The molecule has 0 spiro atoms. The maximum absolute atomic E-state index is 5.58. The molecule has 1 aliphatic rings. The van der Waals surface area contributed by atoms with Gasteiger partial charge in [-0.25, -0.2) is 0 Å². The molecule has 0 saturated heterocycles. The predicted octanol–water partition coefficient (Wildman–Crippen LogP) is 2.17. The summed E-state index contributed by atoms with van der Waals surface area (Å²) in [5.74, 6) is 3.03. The van der Waals surface area contributed by atoms with Crippen molar-refractivity contribution < 1.29 is 14.2 Å². The number of nitrogens with zero attached hydrogens (tertiary/aromatic N) is 2. The molecule has 3 rings (SSSR count). The Labute approximate surface area is 163 Å². The highest BCUT2D eigenvalue weighted by Gasteiger charge is 2.13. The van der Waals surface area contributed by atoms with Gasteiger partial charge >= 0.3 is 0 Å². The second kappa shape index (κ2) is 9.92. The molecule has 0 amide bonds. The van der Waals surface area contributed by atoms with Gasteiger partial charge in [0.25, 0.3) is 0 Å². The smallest absolute Gasteiger partial charge is 0.231 e. The molecule has 2 heterocycles. The minimum Gasteiger partial charge on any atom is -0.490 e. The molecule has 0 bridgehead atoms. The van der Waals surface area contributed by atoms with Crippen molar-refractivity contribution in [3.63, 3.8) is 0 Å². The van der Waals surface area contributed by atoms with Crippen LogP contribution >= 0.6 is 24.0 Å². The number of fused-ring (bicyclic) bond motifs is 1. The molecular formula is C17H21IN4O3. The van der Waals surface area contributed by atoms with Crippen molar-refractivity contribution >= 4 is 29.9 Å². The summed E-state index contributed by atoms with van der Waals surface area (Å²) in [5, 5.41) is 6.45. The number of guanidine groups is 1. The van der Waals surface area contributed by atoms with Crippen LogP contribution in [0, 0.1) is 0 Å². The Morgan fingerprint density at radius 2 is 2.12 bits per heavy atom. The minimum absolute atomic E-state index is 0. The standard InChI is InChI=1S/C17H20N4O3.HI/c1-18-17(20-7-8-22-14-3-2-6-19-11-14)21-10-13-4-5-15-16(9-13)24-12-23-15;/h2-6,9,11H,7-8,10,12H2,1H3,(H2,18,20,21);1H. The third-order valence-electron chi connectivity index (χ3n) is 3.42. The monoisotopic (exact) mass is 456 g/mol. The number of hydrogen-bond donors (Lipinski definition) is 2. The van der Waals surface area contributed by atoms with Crippen LogP contribution in [0.1, 0.15) is 5.56 Å². The van der Waals surface area contributed by atoms with Crippen LogP contribution in [0.2, 0.25) is 0 Å². The average Bonchev–Trinajstić information content (AvgIpc) is 3.10. The summed E-state index contributed by atoms with van der Waals surface area (Å²) in [5.41, 5.74) is 1.09. The SMILES string of the molecule is CN=C(NCCOc1cccnc1)NCc1ccc2c(c1)OCO2.I. The van der Waals surface area contributed by atoms with Gasteiger partial charge in [-0.3, -0.25) is 9.98 Å². The van der Waals surface area contributed by atoms with Crippen LogP contribution in [0.5, 0.6) is 17.2 Å². The summed E-state index contributed by atoms with van der Waals surface area (Å²) < 4.78 is 16.3. The number of aromatic nitrogens is 1. The molecule has 25 heavy (non-hydrogen) atoms. The first-order valence-corrected chi connectivity index (χ1v) is 7.71. The van der Waals surface area contributed by atoms with Crippen LogP contribution in [0.15, 0.2) is 47.7 Å². The van der Waals surface area contributed by atoms with Gasteiger partial charge in [0.05, 0.1) is 12.7 Å². The van der Waals surface area contributed by atoms with E-state index >= 15 is 0 Å². The molecule has 1 aromatic heterocycles. The van der Waals surface area contributed by atoms with Crippen LogP contribution in [0.3, 0.4) is 0 Å². The second-order valence-corrected chi connectivity index (χ2v) is 5.08. The van der Waals surface area contributed by atoms with Gasteiger partial charge in [0.15, 0.2) is 17.5 Å². The Morgan fingerprint density at radius 3 is 2.92 bits per heavy atom. The third kappa shape index (κ3) is 5.66. The zero-order chi connectivity index (χ0) is 16.6. The van der Waals surface area contributed by atoms with E-state index in [4.69, 9.17) is 14.2 Å². The normalized spacial score (nSPS) is 12.3. The maximum atomic E-state index is 5.58. The lowest BCUT2D eigenvalue weighted by Crippen LogP contribution is -2.38. The van der Waals surface area contributed by atoms with Gasteiger partial charge in [0.2, 0.25) is 6.79 Å². The van der Waals surface area contributed by atoms with Crippen molar-refractivity contribution in [2.24, 2.45) is 4.99 Å². The molecule has 0 saturated carbocycles. The molecule has 0 aliphatic carbocycles. The van der Waals surface area contributed by atoms with Gasteiger partial charge in [0.1, 0.15) is 12.4 Å². The van der Waals surface area contributed by atoms with E-state index in [-0.39, 0.29) is 30.8 Å². The minimum atomic E-state index is 0. The summed E-state index contributed by atoms with van der Waals surface area (Å²) in [4.78, 5) is 8.19. The molecule has 1 aliphatic heterocycles. The molecule has 8 heteroatoms. The van der Waals surface area contributed by atoms with Crippen molar-refractivity contribution in [3.05, 3.63) is 48.3 Å². The summed E-state index contributed by atoms with van der Waals surface area (Å²) >= 11 is 0. The van der Waals surface area contributed by atoms with Crippen LogP contribution in [0.25, 0.3) is 0 Å². The van der Waals surface area contributed by atoms with Gasteiger partial charge < -0.3 is 24.8 Å². The molecule has 2 N–H and O–H groups in total. The molecule has 7 nitrogen and oxygen atoms in total. The molecule has 134 valence electrons. The van der Waals surface area contributed by atoms with Gasteiger partial charge in [-0.1, -0.05) is 6.07 Å². The Morgan fingerprint density at radius 1 is 1.24 bits per heavy atom. The lowest BCUT2D eigenvalue weighted by molar-refractivity contribution is 0.174. The van der Waals surface area contributed by atoms with Crippen LogP contribution in [0.4, 0.5) is 0 Å². The molecule has 0 fully saturated rings. The Balaban J connectivity index is 0.00000225. The van der Waals surface area contributed by atoms with E-state index in [0.29, 0.717) is 25.7 Å². The summed E-state index contributed by atoms with van der Waals surface area (Å²) in [6.07, 6.45) is 3.40. The molecule has 0 unspecified atom stereocenters. The molecule has 1 aromatic carbocycles. The van der Waals surface area contributed by atoms with Gasteiger partial charge in [-0.2, -0.15) is 0 Å². The zero-order valence-corrected chi connectivity index (χ0v) is 16.2. The fourth-order valence-electron chi connectivity index (χ4n) is 2.23. The van der Waals surface area contributed by atoms with Crippen molar-refractivity contribution in [2.45, 2.75) is 6.54 Å². The van der Waals surface area contributed by atoms with Gasteiger partial charge in [-0.15, -0.1) is 24.0 Å². The highest BCUT2D eigenvalue weighted by Crippen LogP contribution is 2.32. The van der Waals surface area contributed by atoms with E-state index in [1.54, 1.807) is 19.4 Å². The first-order valence-electron chi connectivity index (χ1n) is 7.71. The average molecular weight is 456 g/mol. The number of rotatable bonds is 6. The van der Waals surface area contributed by atoms with E-state index in [1.807, 2.05) is 30.3 Å². The number of ether oxygens (including phenoxy) is 3. The highest BCUT2D eigenvalue weighted by molar-refractivity contribution is 14.0. The second-order valence-electron chi connectivity index (χ2n) is 5.08. The predicted molar refractivity (Wildman–Crippen MR) is 106 cm³/mol. The lowest BCUT2D eigenvalue weighted by Gasteiger charge is -2.12. The number of pyridine rings is 1. The van der Waals surface area contributed by atoms with Crippen LogP contribution in [-0.4, -0.2) is 37.9 Å². The quantitative estimate of drug-likeness (QED) is 0.301. The van der Waals surface area contributed by atoms with Crippen molar-refractivity contribution in [1.29, 1.82) is 0 Å². The topological polar surface area (TPSA) is 77.0 Å². The Kier molecular flexibility index (Phi) is 7.58. The largest absolute Gasteiger partial charge is 0.490 e. The molecular weight excluding hydrogens is 435 g/mol. The third-order valence-corrected chi connectivity index (χ3v) is 3.42. The van der Waals surface area contributed by atoms with Gasteiger partial charge in [0, 0.05) is 19.8 Å². The molecule has 0 radical (unpaired) electrons. The molecule has 0 atom stereocenters. The summed E-state index contributed by atoms with van der Waals surface area (Å²) in [7, 11) is 1.73. The van der Waals surface area contributed by atoms with Crippen LogP contribution < -0.4 is 24.8 Å². The zero-order valence-electron chi connectivity index (χ0n) is 13.9. The van der Waals surface area contributed by atoms with E-state index < -0.39 is 0 Å². The summed E-state index contributed by atoms with van der Waals surface area (Å²) in [6, 6.07) is 9.60. The van der Waals surface area contributed by atoms with Crippen molar-refractivity contribution in [3.8, 4) is 17.2 Å². The first-order chi connectivity index (χ1) is 11.8. The Hall–Kier alpha value is -2.23. The van der Waals surface area contributed by atoms with E-state index in [1.165, 1.54) is 0 Å². The number of hydrogen-bond acceptors (Lipinski definition) is 5. The Bertz CT molecular complexity index is 698. The summed E-state index contributed by atoms with van der Waals surface area (Å²) in [6.45, 7) is 2.08. The number of benzene rings is 1. The highest BCUT2D eigenvalue weighted by atomic mass is 127. The number of aliphatic imine (C=N–C) groups is 1. The fourth-order valence-corrected chi connectivity index (χ4v) is 2.23. The molecule has 2 aromatic rings. The van der Waals surface area contributed by atoms with Crippen molar-refractivity contribution in [1.82, 2.24) is 15.6 Å². The number of halogens is 1. The first kappa shape index (κ1) is 19.1. The van der Waals surface area contributed by atoms with E-state index in [2.05, 4.69) is 20.6 Å². The van der Waals surface area contributed by atoms with E-state index in [9.17, 15) is 0 Å². The maximum Gasteiger partial charge on any atom is 0.231 e. The van der Waals surface area contributed by atoms with Crippen LogP contribution in [-0.2, 0) is 6.54 Å². The lowest BCUT2D eigenvalue weighted by atomic mass is 10.2. The fraction of sp³-hybridized carbons (Fsp3) is 0.294. The van der Waals surface area contributed by atoms with E-state index in [0.717, 1.165) is 22.8 Å².